The van der Waals surface area contributed by atoms with Gasteiger partial charge in [0.05, 0.1) is 4.90 Å². The van der Waals surface area contributed by atoms with Gasteiger partial charge in [-0.05, 0) is 30.7 Å². The van der Waals surface area contributed by atoms with Crippen molar-refractivity contribution in [2.45, 2.75) is 11.3 Å². The maximum Gasteiger partial charge on any atom is 0.251 e. The lowest BCUT2D eigenvalue weighted by Gasteiger charge is -2.05. The van der Waals surface area contributed by atoms with Crippen LogP contribution in [0.2, 0.25) is 0 Å². The van der Waals surface area contributed by atoms with Crippen LogP contribution in [0.3, 0.4) is 0 Å². The van der Waals surface area contributed by atoms with Gasteiger partial charge < -0.3 is 10.1 Å². The van der Waals surface area contributed by atoms with Crippen molar-refractivity contribution in [3.05, 3.63) is 29.8 Å². The Morgan fingerprint density at radius 2 is 1.89 bits per heavy atom. The summed E-state index contributed by atoms with van der Waals surface area (Å²) in [4.78, 5) is 11.9. The van der Waals surface area contributed by atoms with Gasteiger partial charge >= 0.3 is 0 Å². The molecule has 0 radical (unpaired) electrons. The predicted molar refractivity (Wildman–Crippen MR) is 68.4 cm³/mol. The van der Waals surface area contributed by atoms with Crippen molar-refractivity contribution in [3.63, 3.8) is 0 Å². The van der Waals surface area contributed by atoms with Crippen molar-refractivity contribution in [1.29, 1.82) is 0 Å². The summed E-state index contributed by atoms with van der Waals surface area (Å²) in [6.07, 6.45) is 1.87. The number of hydrogen-bond donors (Lipinski definition) is 1. The summed E-state index contributed by atoms with van der Waals surface area (Å²) in [5.41, 5.74) is 0.444. The second-order valence-electron chi connectivity index (χ2n) is 3.90. The Bertz CT molecular complexity index is 493. The maximum absolute atomic E-state index is 11.7. The molecule has 0 atom stereocenters. The van der Waals surface area contributed by atoms with E-state index in [2.05, 4.69) is 5.32 Å². The van der Waals surface area contributed by atoms with Gasteiger partial charge in [0.1, 0.15) is 0 Å². The molecule has 0 bridgehead atoms. The maximum atomic E-state index is 11.7. The molecule has 0 saturated carbocycles. The Morgan fingerprint density at radius 3 is 2.39 bits per heavy atom. The van der Waals surface area contributed by atoms with Crippen molar-refractivity contribution in [2.75, 3.05) is 26.5 Å². The van der Waals surface area contributed by atoms with E-state index in [4.69, 9.17) is 4.74 Å². The van der Waals surface area contributed by atoms with Gasteiger partial charge in [0.15, 0.2) is 9.84 Å². The molecule has 1 aromatic rings. The Labute approximate surface area is 107 Å². The molecular formula is C12H17NO4S. The van der Waals surface area contributed by atoms with E-state index in [0.29, 0.717) is 18.7 Å². The normalized spacial score (nSPS) is 11.2. The molecule has 0 aliphatic carbocycles. The zero-order valence-electron chi connectivity index (χ0n) is 10.5. The Hall–Kier alpha value is -1.40. The number of sulfone groups is 1. The monoisotopic (exact) mass is 271 g/mol. The van der Waals surface area contributed by atoms with E-state index < -0.39 is 9.84 Å². The van der Waals surface area contributed by atoms with E-state index in [9.17, 15) is 13.2 Å². The number of hydrogen-bond acceptors (Lipinski definition) is 4. The molecule has 5 nitrogen and oxygen atoms in total. The van der Waals surface area contributed by atoms with Crippen molar-refractivity contribution < 1.29 is 17.9 Å². The molecule has 1 amide bonds. The molecule has 0 aliphatic heterocycles. The topological polar surface area (TPSA) is 72.5 Å². The highest BCUT2D eigenvalue weighted by atomic mass is 32.2. The number of amides is 1. The molecule has 0 saturated heterocycles. The van der Waals surface area contributed by atoms with Crippen LogP contribution in [0, 0.1) is 0 Å². The SMILES string of the molecule is COCCCNC(=O)c1ccc(S(C)(=O)=O)cc1. The van der Waals surface area contributed by atoms with Gasteiger partial charge in [-0.15, -0.1) is 0 Å². The standard InChI is InChI=1S/C12H17NO4S/c1-17-9-3-8-13-12(14)10-4-6-11(7-5-10)18(2,15)16/h4-7H,3,8-9H2,1-2H3,(H,13,14). The predicted octanol–water partition coefficient (Wildman–Crippen LogP) is 0.856. The lowest BCUT2D eigenvalue weighted by Crippen LogP contribution is -2.25. The minimum Gasteiger partial charge on any atom is -0.385 e. The van der Waals surface area contributed by atoms with Gasteiger partial charge in [-0.25, -0.2) is 8.42 Å². The van der Waals surface area contributed by atoms with Crippen LogP contribution in [0.5, 0.6) is 0 Å². The minimum atomic E-state index is -3.22. The molecule has 1 aromatic carbocycles. The number of carbonyl (C=O) groups excluding carboxylic acids is 1. The van der Waals surface area contributed by atoms with E-state index in [0.717, 1.165) is 12.7 Å². The molecule has 1 rings (SSSR count). The fourth-order valence-corrected chi connectivity index (χ4v) is 2.00. The fraction of sp³-hybridized carbons (Fsp3) is 0.417. The van der Waals surface area contributed by atoms with Gasteiger partial charge in [0, 0.05) is 32.1 Å². The first-order valence-electron chi connectivity index (χ1n) is 5.52. The van der Waals surface area contributed by atoms with E-state index in [-0.39, 0.29) is 10.8 Å². The third kappa shape index (κ3) is 4.46. The summed E-state index contributed by atoms with van der Waals surface area (Å²) < 4.78 is 27.4. The summed E-state index contributed by atoms with van der Waals surface area (Å²) in [7, 11) is -1.61. The van der Waals surface area contributed by atoms with Crippen LogP contribution in [-0.4, -0.2) is 40.8 Å². The van der Waals surface area contributed by atoms with Crippen molar-refractivity contribution in [3.8, 4) is 0 Å². The first-order chi connectivity index (χ1) is 8.45. The van der Waals surface area contributed by atoms with Crippen LogP contribution >= 0.6 is 0 Å². The van der Waals surface area contributed by atoms with E-state index in [1.807, 2.05) is 0 Å². The molecule has 18 heavy (non-hydrogen) atoms. The highest BCUT2D eigenvalue weighted by Crippen LogP contribution is 2.10. The number of ether oxygens (including phenoxy) is 1. The second-order valence-corrected chi connectivity index (χ2v) is 5.91. The summed E-state index contributed by atoms with van der Waals surface area (Å²) >= 11 is 0. The number of rotatable bonds is 6. The molecule has 1 N–H and O–H groups in total. The Balaban J connectivity index is 2.60. The lowest BCUT2D eigenvalue weighted by atomic mass is 10.2. The van der Waals surface area contributed by atoms with Crippen LogP contribution in [-0.2, 0) is 14.6 Å². The third-order valence-corrected chi connectivity index (χ3v) is 3.48. The third-order valence-electron chi connectivity index (χ3n) is 2.36. The van der Waals surface area contributed by atoms with Gasteiger partial charge in [0.25, 0.3) is 5.91 Å². The largest absolute Gasteiger partial charge is 0.385 e. The quantitative estimate of drug-likeness (QED) is 0.779. The molecule has 0 aromatic heterocycles. The lowest BCUT2D eigenvalue weighted by molar-refractivity contribution is 0.0948. The van der Waals surface area contributed by atoms with Crippen LogP contribution in [0.25, 0.3) is 0 Å². The molecule has 0 spiro atoms. The highest BCUT2D eigenvalue weighted by Gasteiger charge is 2.09. The number of methoxy groups -OCH3 is 1. The second kappa shape index (κ2) is 6.51. The Morgan fingerprint density at radius 1 is 1.28 bits per heavy atom. The van der Waals surface area contributed by atoms with Gasteiger partial charge in [-0.2, -0.15) is 0 Å². The minimum absolute atomic E-state index is 0.207. The van der Waals surface area contributed by atoms with E-state index in [1.54, 1.807) is 7.11 Å². The average molecular weight is 271 g/mol. The fourth-order valence-electron chi connectivity index (χ4n) is 1.37. The van der Waals surface area contributed by atoms with Crippen molar-refractivity contribution in [1.82, 2.24) is 5.32 Å². The summed E-state index contributed by atoms with van der Waals surface area (Å²) in [6.45, 7) is 1.12. The average Bonchev–Trinajstić information content (AvgIpc) is 2.33. The summed E-state index contributed by atoms with van der Waals surface area (Å²) in [5, 5.41) is 2.72. The summed E-state index contributed by atoms with van der Waals surface area (Å²) in [5.74, 6) is -0.217. The zero-order chi connectivity index (χ0) is 13.6. The Kier molecular flexibility index (Phi) is 5.30. The van der Waals surface area contributed by atoms with Gasteiger partial charge in [0.2, 0.25) is 0 Å². The van der Waals surface area contributed by atoms with Crippen LogP contribution in [0.1, 0.15) is 16.8 Å². The molecule has 6 heteroatoms. The van der Waals surface area contributed by atoms with Crippen molar-refractivity contribution >= 4 is 15.7 Å². The molecular weight excluding hydrogens is 254 g/mol. The molecule has 0 aliphatic rings. The highest BCUT2D eigenvalue weighted by molar-refractivity contribution is 7.90. The molecule has 0 unspecified atom stereocenters. The first kappa shape index (κ1) is 14.7. The molecule has 100 valence electrons. The molecule has 0 fully saturated rings. The van der Waals surface area contributed by atoms with E-state index >= 15 is 0 Å². The number of carbonyl (C=O) groups is 1. The smallest absolute Gasteiger partial charge is 0.251 e. The van der Waals surface area contributed by atoms with Gasteiger partial charge in [-0.1, -0.05) is 0 Å². The van der Waals surface area contributed by atoms with Crippen LogP contribution in [0.15, 0.2) is 29.2 Å². The van der Waals surface area contributed by atoms with Crippen molar-refractivity contribution in [2.24, 2.45) is 0 Å². The molecule has 0 heterocycles. The van der Waals surface area contributed by atoms with Gasteiger partial charge in [-0.3, -0.25) is 4.79 Å². The van der Waals surface area contributed by atoms with E-state index in [1.165, 1.54) is 24.3 Å². The van der Waals surface area contributed by atoms with Crippen LogP contribution in [0.4, 0.5) is 0 Å². The van der Waals surface area contributed by atoms with Crippen LogP contribution < -0.4 is 5.32 Å². The number of nitrogens with one attached hydrogen (secondary N) is 1. The number of benzene rings is 1. The first-order valence-corrected chi connectivity index (χ1v) is 7.41. The zero-order valence-corrected chi connectivity index (χ0v) is 11.3. The summed E-state index contributed by atoms with van der Waals surface area (Å²) in [6, 6.07) is 5.86.